The van der Waals surface area contributed by atoms with Gasteiger partial charge in [-0.05, 0) is 36.4 Å². The van der Waals surface area contributed by atoms with Crippen molar-refractivity contribution >= 4 is 16.5 Å². The van der Waals surface area contributed by atoms with E-state index in [2.05, 4.69) is 15.1 Å². The van der Waals surface area contributed by atoms with Gasteiger partial charge in [-0.15, -0.1) is 0 Å². The Labute approximate surface area is 227 Å². The van der Waals surface area contributed by atoms with Gasteiger partial charge >= 0.3 is 6.18 Å². The van der Waals surface area contributed by atoms with Gasteiger partial charge in [-0.2, -0.15) is 18.3 Å². The molecule has 12 heteroatoms. The Kier molecular flexibility index (Phi) is 8.96. The molecule has 0 bridgehead atoms. The molecule has 1 aromatic carbocycles. The Morgan fingerprint density at radius 1 is 0.975 bits per heavy atom. The van der Waals surface area contributed by atoms with Crippen LogP contribution in [0.15, 0.2) is 52.6 Å². The van der Waals surface area contributed by atoms with Crippen molar-refractivity contribution in [1.29, 1.82) is 0 Å². The van der Waals surface area contributed by atoms with E-state index in [9.17, 15) is 27.2 Å². The van der Waals surface area contributed by atoms with Gasteiger partial charge < -0.3 is 10.3 Å². The van der Waals surface area contributed by atoms with Crippen LogP contribution in [0.3, 0.4) is 0 Å². The number of nitrogens with two attached hydrogens (primary N) is 1. The fraction of sp³-hybridized carbons (Fsp3) is 0.393. The number of aromatic amines is 1. The van der Waals surface area contributed by atoms with E-state index in [0.29, 0.717) is 27.9 Å². The van der Waals surface area contributed by atoms with Crippen molar-refractivity contribution in [3.8, 4) is 11.3 Å². The van der Waals surface area contributed by atoms with Crippen molar-refractivity contribution in [2.75, 3.05) is 5.73 Å². The predicted molar refractivity (Wildman–Crippen MR) is 144 cm³/mol. The normalized spacial score (nSPS) is 15.0. The summed E-state index contributed by atoms with van der Waals surface area (Å²) in [6, 6.07) is 4.74. The lowest BCUT2D eigenvalue weighted by Gasteiger charge is -2.07. The van der Waals surface area contributed by atoms with Gasteiger partial charge in [0.05, 0.1) is 34.9 Å². The molecule has 0 aliphatic heterocycles. The topological polar surface area (TPSA) is 120 Å². The summed E-state index contributed by atoms with van der Waals surface area (Å²) in [7, 11) is 1.65. The van der Waals surface area contributed by atoms with E-state index in [0.717, 1.165) is 24.7 Å². The first kappa shape index (κ1) is 28.9. The molecule has 2 aliphatic rings. The van der Waals surface area contributed by atoms with Gasteiger partial charge in [0.25, 0.3) is 11.1 Å². The van der Waals surface area contributed by atoms with Crippen LogP contribution in [-0.2, 0) is 13.2 Å². The Hall–Kier alpha value is -4.09. The number of nitrogens with zero attached hydrogens (tertiary/aromatic N) is 4. The van der Waals surface area contributed by atoms with Crippen LogP contribution in [-0.4, -0.2) is 24.7 Å². The number of anilines is 1. The number of pyridine rings is 1. The lowest BCUT2D eigenvalue weighted by atomic mass is 10.0. The van der Waals surface area contributed by atoms with Crippen LogP contribution >= 0.6 is 0 Å². The zero-order valence-corrected chi connectivity index (χ0v) is 22.0. The second-order valence-corrected chi connectivity index (χ2v) is 9.90. The zero-order chi connectivity index (χ0) is 28.9. The molecule has 0 radical (unpaired) electrons. The van der Waals surface area contributed by atoms with Crippen LogP contribution in [0.2, 0.25) is 0 Å². The highest BCUT2D eigenvalue weighted by Crippen LogP contribution is 2.39. The number of rotatable bonds is 2. The number of halogens is 4. The fourth-order valence-electron chi connectivity index (χ4n) is 4.39. The van der Waals surface area contributed by atoms with Gasteiger partial charge in [0, 0.05) is 30.9 Å². The first-order valence-corrected chi connectivity index (χ1v) is 13.1. The van der Waals surface area contributed by atoms with Gasteiger partial charge in [0.2, 0.25) is 0 Å². The second-order valence-electron chi connectivity index (χ2n) is 9.90. The van der Waals surface area contributed by atoms with Crippen molar-refractivity contribution in [2.45, 2.75) is 63.5 Å². The van der Waals surface area contributed by atoms with Crippen molar-refractivity contribution in [3.05, 3.63) is 80.8 Å². The molecular formula is C28H30F4N6O2. The monoisotopic (exact) mass is 558 g/mol. The number of aromatic nitrogens is 5. The Morgan fingerprint density at radius 3 is 2.12 bits per heavy atom. The number of fused-ring (bicyclic) bond motifs is 1. The van der Waals surface area contributed by atoms with Crippen molar-refractivity contribution < 1.29 is 17.6 Å². The number of H-pyrrole nitrogens is 1. The van der Waals surface area contributed by atoms with Crippen molar-refractivity contribution in [3.63, 3.8) is 0 Å². The van der Waals surface area contributed by atoms with Gasteiger partial charge in [0.1, 0.15) is 11.4 Å². The number of benzene rings is 1. The highest BCUT2D eigenvalue weighted by atomic mass is 19.4. The maximum Gasteiger partial charge on any atom is 0.423 e. The van der Waals surface area contributed by atoms with Crippen LogP contribution < -0.4 is 16.9 Å². The van der Waals surface area contributed by atoms with Crippen LogP contribution in [0.1, 0.15) is 68.5 Å². The maximum absolute atomic E-state index is 14.4. The van der Waals surface area contributed by atoms with Crippen LogP contribution in [0.25, 0.3) is 22.0 Å². The summed E-state index contributed by atoms with van der Waals surface area (Å²) in [4.78, 5) is 31.3. The summed E-state index contributed by atoms with van der Waals surface area (Å²) >= 11 is 0. The number of alkyl halides is 3. The fourth-order valence-corrected chi connectivity index (χ4v) is 4.39. The molecule has 2 aliphatic carbocycles. The number of hydrogen-bond acceptors (Lipinski definition) is 6. The Morgan fingerprint density at radius 2 is 1.62 bits per heavy atom. The van der Waals surface area contributed by atoms with E-state index in [-0.39, 0.29) is 5.56 Å². The molecule has 0 saturated heterocycles. The third kappa shape index (κ3) is 7.10. The molecule has 0 atom stereocenters. The van der Waals surface area contributed by atoms with E-state index in [1.807, 2.05) is 0 Å². The number of hydrogen-bond donors (Lipinski definition) is 2. The van der Waals surface area contributed by atoms with E-state index in [1.54, 1.807) is 42.9 Å². The number of nitrogen functional groups attached to an aromatic ring is 1. The zero-order valence-electron chi connectivity index (χ0n) is 22.0. The minimum absolute atomic E-state index is 0.210. The van der Waals surface area contributed by atoms with Gasteiger partial charge in [-0.25, -0.2) is 9.49 Å². The van der Waals surface area contributed by atoms with E-state index in [4.69, 9.17) is 5.73 Å². The molecule has 0 amide bonds. The molecule has 0 spiro atoms. The minimum atomic E-state index is -4.74. The Balaban J connectivity index is 0.000000171. The lowest BCUT2D eigenvalue weighted by molar-refractivity contribution is -0.138. The SMILES string of the molecule is C1CCCCC1.Cn1ccc2cc(-c3cnc(C4CC4)cn3)c(F)cc2c1=O.Nc1cn[nH]c(=O)c1C(F)(F)F. The number of nitrogens with one attached hydrogen (secondary N) is 1. The third-order valence-electron chi connectivity index (χ3n) is 6.78. The van der Waals surface area contributed by atoms with Crippen LogP contribution in [0.4, 0.5) is 23.2 Å². The van der Waals surface area contributed by atoms with Crippen molar-refractivity contribution in [2.24, 2.45) is 7.05 Å². The van der Waals surface area contributed by atoms with Gasteiger partial charge in [-0.1, -0.05) is 38.5 Å². The van der Waals surface area contributed by atoms with E-state index >= 15 is 0 Å². The van der Waals surface area contributed by atoms with Gasteiger partial charge in [0.15, 0.2) is 0 Å². The quantitative estimate of drug-likeness (QED) is 0.304. The summed E-state index contributed by atoms with van der Waals surface area (Å²) in [5, 5.41) is 5.81. The molecule has 6 rings (SSSR count). The van der Waals surface area contributed by atoms with Crippen molar-refractivity contribution in [1.82, 2.24) is 24.7 Å². The molecule has 40 heavy (non-hydrogen) atoms. The molecule has 2 saturated carbocycles. The summed E-state index contributed by atoms with van der Waals surface area (Å²) in [6.07, 6.45) is 12.3. The third-order valence-corrected chi connectivity index (χ3v) is 6.78. The Bertz CT molecular complexity index is 1560. The molecule has 2 fully saturated rings. The summed E-state index contributed by atoms with van der Waals surface area (Å²) in [6.45, 7) is 0. The summed E-state index contributed by atoms with van der Waals surface area (Å²) in [5.74, 6) is 0.0651. The van der Waals surface area contributed by atoms with E-state index < -0.39 is 28.8 Å². The molecule has 3 heterocycles. The molecule has 8 nitrogen and oxygen atoms in total. The maximum atomic E-state index is 14.4. The lowest BCUT2D eigenvalue weighted by Crippen LogP contribution is -2.24. The predicted octanol–water partition coefficient (Wildman–Crippen LogP) is 5.72. The largest absolute Gasteiger partial charge is 0.423 e. The minimum Gasteiger partial charge on any atom is -0.397 e. The van der Waals surface area contributed by atoms with Gasteiger partial charge in [-0.3, -0.25) is 19.6 Å². The van der Waals surface area contributed by atoms with Crippen LogP contribution in [0.5, 0.6) is 0 Å². The van der Waals surface area contributed by atoms with E-state index in [1.165, 1.54) is 49.2 Å². The number of aryl methyl sites for hydroxylation is 1. The summed E-state index contributed by atoms with van der Waals surface area (Å²) < 4.78 is 51.8. The first-order chi connectivity index (χ1) is 19.1. The van der Waals surface area contributed by atoms with Crippen LogP contribution in [0, 0.1) is 5.82 Å². The molecular weight excluding hydrogens is 528 g/mol. The molecule has 4 aromatic rings. The second kappa shape index (κ2) is 12.4. The molecule has 3 aromatic heterocycles. The molecule has 3 N–H and O–H groups in total. The average Bonchev–Trinajstić information content (AvgIpc) is 3.78. The average molecular weight is 559 g/mol. The smallest absolute Gasteiger partial charge is 0.397 e. The summed E-state index contributed by atoms with van der Waals surface area (Å²) in [5.41, 5.74) is 3.12. The molecule has 0 unspecified atom stereocenters. The first-order valence-electron chi connectivity index (χ1n) is 13.1. The highest BCUT2D eigenvalue weighted by molar-refractivity contribution is 5.86. The highest BCUT2D eigenvalue weighted by Gasteiger charge is 2.36. The molecule has 212 valence electrons. The standard InChI is InChI=1S/C17H14FN3O.C6H12.C5H4F3N3O/c1-21-5-4-11-6-13(14(18)7-12(11)17(21)22)16-9-19-15(8-20-16)10-2-3-10;1-2-4-6-5-3-1;6-5(7,8)3-2(9)1-10-11-4(3)12/h4-10H,2-3H2,1H3;1-6H2;1H,(H3,9,11,12).